The highest BCUT2D eigenvalue weighted by atomic mass is 16.7. The molecule has 0 bridgehead atoms. The normalized spacial score (nSPS) is 10.6. The molecule has 4 aromatic rings. The molecule has 0 amide bonds. The number of hydrogen-bond donors (Lipinski definition) is 0. The van der Waals surface area contributed by atoms with Gasteiger partial charge in [0.05, 0.1) is 22.5 Å². The summed E-state index contributed by atoms with van der Waals surface area (Å²) in [6, 6.07) is 24.6. The minimum Gasteiger partial charge on any atom is -0.440 e. The Kier molecular flexibility index (Phi) is 8.20. The highest BCUT2D eigenvalue weighted by molar-refractivity contribution is 5.89. The first-order chi connectivity index (χ1) is 18.0. The highest BCUT2D eigenvalue weighted by Gasteiger charge is 2.24. The summed E-state index contributed by atoms with van der Waals surface area (Å²) < 4.78 is 19.7. The lowest BCUT2D eigenvalue weighted by atomic mass is 10.1. The van der Waals surface area contributed by atoms with E-state index in [1.54, 1.807) is 53.2 Å². The van der Waals surface area contributed by atoms with Gasteiger partial charge in [-0.25, -0.2) is 14.2 Å². The Morgan fingerprint density at radius 2 is 1.43 bits per heavy atom. The molecule has 0 aliphatic carbocycles. The molecule has 0 aliphatic rings. The Morgan fingerprint density at radius 1 is 0.811 bits per heavy atom. The Balaban J connectivity index is 1.76. The van der Waals surface area contributed by atoms with Crippen LogP contribution in [0.2, 0.25) is 0 Å². The van der Waals surface area contributed by atoms with E-state index in [4.69, 9.17) is 14.2 Å². The number of carbonyl (C=O) groups excluding carboxylic acids is 2. The van der Waals surface area contributed by atoms with Crippen LogP contribution in [0, 0.1) is 0 Å². The molecule has 1 aromatic heterocycles. The molecule has 8 nitrogen and oxygen atoms in total. The Hall–Kier alpha value is -4.59. The third-order valence-electron chi connectivity index (χ3n) is 5.62. The molecule has 0 radical (unpaired) electrons. The third-order valence-corrected chi connectivity index (χ3v) is 5.62. The number of ether oxygens (including phenoxy) is 3. The smallest absolute Gasteiger partial charge is 0.340 e. The monoisotopic (exact) mass is 500 g/mol. The standard InChI is InChI=1S/C29H28N2O6/c1-3-4-15-26-27(33)30(24-16-18-25(19-17-24)37-21(2)32)31(23-13-9-6-10-14-23)28(26)35-20-36-29(34)22-11-7-5-8-12-22/h5-14,16-19H,3-4,15,20H2,1-2H3. The second kappa shape index (κ2) is 11.9. The molecule has 0 aliphatic heterocycles. The molecule has 0 saturated heterocycles. The van der Waals surface area contributed by atoms with Crippen molar-refractivity contribution in [1.82, 2.24) is 9.36 Å². The maximum Gasteiger partial charge on any atom is 0.340 e. The summed E-state index contributed by atoms with van der Waals surface area (Å²) in [5.41, 5.74) is 1.88. The summed E-state index contributed by atoms with van der Waals surface area (Å²) >= 11 is 0. The fourth-order valence-electron chi connectivity index (χ4n) is 3.90. The van der Waals surface area contributed by atoms with Crippen molar-refractivity contribution in [3.63, 3.8) is 0 Å². The summed E-state index contributed by atoms with van der Waals surface area (Å²) in [6.07, 6.45) is 2.15. The molecule has 190 valence electrons. The zero-order chi connectivity index (χ0) is 26.2. The fourth-order valence-corrected chi connectivity index (χ4v) is 3.90. The van der Waals surface area contributed by atoms with Crippen LogP contribution in [0.1, 0.15) is 42.6 Å². The predicted octanol–water partition coefficient (Wildman–Crippen LogP) is 5.09. The van der Waals surface area contributed by atoms with Gasteiger partial charge in [-0.1, -0.05) is 49.7 Å². The number of para-hydroxylation sites is 1. The van der Waals surface area contributed by atoms with E-state index in [2.05, 4.69) is 0 Å². The molecule has 8 heteroatoms. The number of nitrogens with zero attached hydrogens (tertiary/aromatic N) is 2. The van der Waals surface area contributed by atoms with Crippen LogP contribution >= 0.6 is 0 Å². The van der Waals surface area contributed by atoms with E-state index < -0.39 is 11.9 Å². The van der Waals surface area contributed by atoms with E-state index in [1.165, 1.54) is 11.6 Å². The van der Waals surface area contributed by atoms with Gasteiger partial charge in [-0.3, -0.25) is 9.59 Å². The molecular weight excluding hydrogens is 472 g/mol. The van der Waals surface area contributed by atoms with Crippen LogP contribution in [-0.4, -0.2) is 28.1 Å². The van der Waals surface area contributed by atoms with Crippen LogP contribution in [0.4, 0.5) is 0 Å². The zero-order valence-corrected chi connectivity index (χ0v) is 20.8. The molecule has 0 saturated carbocycles. The van der Waals surface area contributed by atoms with Crippen LogP contribution in [0.5, 0.6) is 11.6 Å². The van der Waals surface area contributed by atoms with Crippen LogP contribution in [0.25, 0.3) is 11.4 Å². The molecule has 4 rings (SSSR count). The number of aromatic nitrogens is 2. The van der Waals surface area contributed by atoms with Gasteiger partial charge < -0.3 is 14.2 Å². The van der Waals surface area contributed by atoms with Crippen molar-refractivity contribution in [3.8, 4) is 23.0 Å². The topological polar surface area (TPSA) is 88.8 Å². The molecule has 0 N–H and O–H groups in total. The number of esters is 2. The second-order valence-electron chi connectivity index (χ2n) is 8.30. The summed E-state index contributed by atoms with van der Waals surface area (Å²) in [4.78, 5) is 37.5. The summed E-state index contributed by atoms with van der Waals surface area (Å²) in [7, 11) is 0. The SMILES string of the molecule is CCCCc1c(OCOC(=O)c2ccccc2)n(-c2ccccc2)n(-c2ccc(OC(C)=O)cc2)c1=O. The van der Waals surface area contributed by atoms with E-state index >= 15 is 0 Å². The van der Waals surface area contributed by atoms with Crippen LogP contribution in [0.3, 0.4) is 0 Å². The molecule has 0 spiro atoms. The van der Waals surface area contributed by atoms with Crippen molar-refractivity contribution in [2.45, 2.75) is 33.1 Å². The average molecular weight is 501 g/mol. The summed E-state index contributed by atoms with van der Waals surface area (Å²) in [5, 5.41) is 0. The third kappa shape index (κ3) is 5.98. The number of unbranched alkanes of at least 4 members (excludes halogenated alkanes) is 1. The zero-order valence-electron chi connectivity index (χ0n) is 20.8. The van der Waals surface area contributed by atoms with Gasteiger partial charge >= 0.3 is 11.9 Å². The first-order valence-electron chi connectivity index (χ1n) is 12.1. The van der Waals surface area contributed by atoms with Gasteiger partial charge in [0.15, 0.2) is 0 Å². The van der Waals surface area contributed by atoms with E-state index in [-0.39, 0.29) is 12.4 Å². The van der Waals surface area contributed by atoms with Gasteiger partial charge in [0.25, 0.3) is 5.56 Å². The first-order valence-corrected chi connectivity index (χ1v) is 12.1. The van der Waals surface area contributed by atoms with Crippen LogP contribution in [0.15, 0.2) is 89.7 Å². The van der Waals surface area contributed by atoms with Crippen LogP contribution < -0.4 is 15.0 Å². The van der Waals surface area contributed by atoms with Crippen LogP contribution in [-0.2, 0) is 16.0 Å². The van der Waals surface area contributed by atoms with Gasteiger partial charge in [0.2, 0.25) is 12.7 Å². The van der Waals surface area contributed by atoms with Gasteiger partial charge in [-0.05, 0) is 61.4 Å². The Bertz CT molecular complexity index is 1410. The van der Waals surface area contributed by atoms with Crippen molar-refractivity contribution in [1.29, 1.82) is 0 Å². The Morgan fingerprint density at radius 3 is 2.05 bits per heavy atom. The quantitative estimate of drug-likeness (QED) is 0.171. The molecule has 1 heterocycles. The highest BCUT2D eigenvalue weighted by Crippen LogP contribution is 2.27. The summed E-state index contributed by atoms with van der Waals surface area (Å²) in [6.45, 7) is 3.00. The lowest BCUT2D eigenvalue weighted by Crippen LogP contribution is -2.22. The maximum absolute atomic E-state index is 13.7. The fraction of sp³-hybridized carbons (Fsp3) is 0.207. The van der Waals surface area contributed by atoms with Gasteiger partial charge in [0, 0.05) is 6.92 Å². The van der Waals surface area contributed by atoms with E-state index in [0.29, 0.717) is 40.6 Å². The number of benzene rings is 3. The molecule has 3 aromatic carbocycles. The van der Waals surface area contributed by atoms with Gasteiger partial charge in [-0.2, -0.15) is 0 Å². The van der Waals surface area contributed by atoms with E-state index in [9.17, 15) is 14.4 Å². The summed E-state index contributed by atoms with van der Waals surface area (Å²) in [5.74, 6) is -0.280. The number of rotatable bonds is 10. The Labute approximate surface area is 214 Å². The van der Waals surface area contributed by atoms with Crippen molar-refractivity contribution in [3.05, 3.63) is 106 Å². The van der Waals surface area contributed by atoms with Crippen molar-refractivity contribution in [2.75, 3.05) is 6.79 Å². The molecular formula is C29H28N2O6. The lowest BCUT2D eigenvalue weighted by molar-refractivity contribution is -0.131. The molecule has 0 unspecified atom stereocenters. The van der Waals surface area contributed by atoms with E-state index in [0.717, 1.165) is 12.8 Å². The number of hydrogen-bond acceptors (Lipinski definition) is 6. The maximum atomic E-state index is 13.7. The lowest BCUT2D eigenvalue weighted by Gasteiger charge is -2.16. The second-order valence-corrected chi connectivity index (χ2v) is 8.30. The van der Waals surface area contributed by atoms with Crippen molar-refractivity contribution >= 4 is 11.9 Å². The minimum atomic E-state index is -0.523. The molecule has 0 atom stereocenters. The van der Waals surface area contributed by atoms with Gasteiger partial charge in [0.1, 0.15) is 5.75 Å². The average Bonchev–Trinajstić information content (AvgIpc) is 3.19. The van der Waals surface area contributed by atoms with E-state index in [1.807, 2.05) is 43.3 Å². The molecule has 37 heavy (non-hydrogen) atoms. The largest absolute Gasteiger partial charge is 0.440 e. The number of carbonyl (C=O) groups is 2. The predicted molar refractivity (Wildman–Crippen MR) is 139 cm³/mol. The van der Waals surface area contributed by atoms with Gasteiger partial charge in [-0.15, -0.1) is 0 Å². The molecule has 0 fully saturated rings. The van der Waals surface area contributed by atoms with Crippen molar-refractivity contribution < 1.29 is 23.8 Å². The minimum absolute atomic E-state index is 0.248. The van der Waals surface area contributed by atoms with Crippen molar-refractivity contribution in [2.24, 2.45) is 0 Å². The first kappa shape index (κ1) is 25.5.